The van der Waals surface area contributed by atoms with Crippen LogP contribution >= 0.6 is 11.8 Å². The third-order valence-electron chi connectivity index (χ3n) is 3.54. The van der Waals surface area contributed by atoms with E-state index in [4.69, 9.17) is 9.47 Å². The molecule has 3 nitrogen and oxygen atoms in total. The highest BCUT2D eigenvalue weighted by Crippen LogP contribution is 2.46. The van der Waals surface area contributed by atoms with Gasteiger partial charge in [0.05, 0.1) is 13.2 Å². The first-order valence-electron chi connectivity index (χ1n) is 5.85. The number of ether oxygens (including phenoxy) is 2. The fourth-order valence-corrected chi connectivity index (χ4v) is 3.93. The van der Waals surface area contributed by atoms with E-state index in [2.05, 4.69) is 0 Å². The third kappa shape index (κ3) is 1.89. The van der Waals surface area contributed by atoms with Crippen molar-refractivity contribution in [1.82, 2.24) is 0 Å². The minimum absolute atomic E-state index is 0.163. The largest absolute Gasteiger partial charge is 0.497 e. The van der Waals surface area contributed by atoms with Gasteiger partial charge in [-0.1, -0.05) is 0 Å². The second-order valence-electron chi connectivity index (χ2n) is 4.71. The average molecular weight is 252 g/mol. The van der Waals surface area contributed by atoms with Crippen molar-refractivity contribution in [3.8, 4) is 11.5 Å². The molecule has 0 saturated carbocycles. The SMILES string of the molecule is COc1ccc2c(c1)OC1(CCSC1)C[C@@H]2O. The molecule has 1 spiro atoms. The molecule has 17 heavy (non-hydrogen) atoms. The van der Waals surface area contributed by atoms with Crippen molar-refractivity contribution < 1.29 is 14.6 Å². The Morgan fingerprint density at radius 3 is 3.12 bits per heavy atom. The van der Waals surface area contributed by atoms with E-state index in [0.717, 1.165) is 35.0 Å². The van der Waals surface area contributed by atoms with E-state index in [0.29, 0.717) is 6.42 Å². The van der Waals surface area contributed by atoms with Crippen LogP contribution in [-0.4, -0.2) is 29.3 Å². The van der Waals surface area contributed by atoms with Crippen molar-refractivity contribution in [2.24, 2.45) is 0 Å². The van der Waals surface area contributed by atoms with Gasteiger partial charge in [-0.2, -0.15) is 11.8 Å². The van der Waals surface area contributed by atoms with E-state index in [1.165, 1.54) is 0 Å². The molecule has 2 atom stereocenters. The van der Waals surface area contributed by atoms with E-state index < -0.39 is 6.10 Å². The highest BCUT2D eigenvalue weighted by atomic mass is 32.2. The number of aliphatic hydroxyl groups excluding tert-OH is 1. The molecule has 1 N–H and O–H groups in total. The minimum Gasteiger partial charge on any atom is -0.497 e. The molecule has 0 radical (unpaired) electrons. The lowest BCUT2D eigenvalue weighted by Gasteiger charge is -2.37. The first-order chi connectivity index (χ1) is 8.22. The van der Waals surface area contributed by atoms with Crippen LogP contribution in [0.25, 0.3) is 0 Å². The normalized spacial score (nSPS) is 31.1. The number of methoxy groups -OCH3 is 1. The Kier molecular flexibility index (Phi) is 2.71. The molecule has 0 bridgehead atoms. The van der Waals surface area contributed by atoms with E-state index >= 15 is 0 Å². The van der Waals surface area contributed by atoms with Crippen molar-refractivity contribution in [3.05, 3.63) is 23.8 Å². The maximum absolute atomic E-state index is 10.2. The Morgan fingerprint density at radius 1 is 1.53 bits per heavy atom. The Labute approximate surface area is 105 Å². The number of hydrogen-bond donors (Lipinski definition) is 1. The van der Waals surface area contributed by atoms with E-state index in [1.54, 1.807) is 7.11 Å². The van der Waals surface area contributed by atoms with Crippen LogP contribution in [0.1, 0.15) is 24.5 Å². The number of fused-ring (bicyclic) bond motifs is 1. The molecule has 1 aromatic carbocycles. The van der Waals surface area contributed by atoms with Crippen LogP contribution < -0.4 is 9.47 Å². The zero-order chi connectivity index (χ0) is 11.9. The molecule has 2 heterocycles. The summed E-state index contributed by atoms with van der Waals surface area (Å²) in [6.45, 7) is 0. The van der Waals surface area contributed by atoms with Gasteiger partial charge in [-0.15, -0.1) is 0 Å². The van der Waals surface area contributed by atoms with Crippen molar-refractivity contribution in [2.45, 2.75) is 24.5 Å². The van der Waals surface area contributed by atoms with Crippen LogP contribution in [0.5, 0.6) is 11.5 Å². The molecule has 3 rings (SSSR count). The van der Waals surface area contributed by atoms with Crippen LogP contribution in [0.4, 0.5) is 0 Å². The monoisotopic (exact) mass is 252 g/mol. The lowest BCUT2D eigenvalue weighted by atomic mass is 9.88. The van der Waals surface area contributed by atoms with Crippen molar-refractivity contribution in [2.75, 3.05) is 18.6 Å². The molecule has 1 fully saturated rings. The maximum atomic E-state index is 10.2. The maximum Gasteiger partial charge on any atom is 0.129 e. The fraction of sp³-hybridized carbons (Fsp3) is 0.538. The van der Waals surface area contributed by atoms with Crippen LogP contribution in [0.2, 0.25) is 0 Å². The van der Waals surface area contributed by atoms with Gasteiger partial charge in [-0.3, -0.25) is 0 Å². The summed E-state index contributed by atoms with van der Waals surface area (Å²) in [4.78, 5) is 0. The Hall–Kier alpha value is -0.870. The number of benzene rings is 1. The summed E-state index contributed by atoms with van der Waals surface area (Å²) in [7, 11) is 1.64. The van der Waals surface area contributed by atoms with E-state index in [1.807, 2.05) is 30.0 Å². The summed E-state index contributed by atoms with van der Waals surface area (Å²) in [5.41, 5.74) is 0.719. The number of rotatable bonds is 1. The molecular weight excluding hydrogens is 236 g/mol. The second kappa shape index (κ2) is 4.10. The molecule has 1 saturated heterocycles. The predicted octanol–water partition coefficient (Wildman–Crippen LogP) is 2.39. The Bertz CT molecular complexity index is 427. The first-order valence-corrected chi connectivity index (χ1v) is 7.01. The molecular formula is C13H16O3S. The summed E-state index contributed by atoms with van der Waals surface area (Å²) in [6.07, 6.45) is 1.31. The van der Waals surface area contributed by atoms with Crippen LogP contribution in [0.15, 0.2) is 18.2 Å². The van der Waals surface area contributed by atoms with E-state index in [-0.39, 0.29) is 5.60 Å². The van der Waals surface area contributed by atoms with Gasteiger partial charge in [0.25, 0.3) is 0 Å². The molecule has 92 valence electrons. The lowest BCUT2D eigenvalue weighted by molar-refractivity contribution is 0.00390. The second-order valence-corrected chi connectivity index (χ2v) is 5.82. The topological polar surface area (TPSA) is 38.7 Å². The Balaban J connectivity index is 1.97. The zero-order valence-corrected chi connectivity index (χ0v) is 10.6. The summed E-state index contributed by atoms with van der Waals surface area (Å²) in [5, 5.41) is 10.2. The molecule has 4 heteroatoms. The molecule has 1 aromatic rings. The highest BCUT2D eigenvalue weighted by Gasteiger charge is 2.43. The van der Waals surface area contributed by atoms with Gasteiger partial charge in [0, 0.05) is 23.8 Å². The van der Waals surface area contributed by atoms with Crippen molar-refractivity contribution >= 4 is 11.8 Å². The summed E-state index contributed by atoms with van der Waals surface area (Å²) < 4.78 is 11.3. The lowest BCUT2D eigenvalue weighted by Crippen LogP contribution is -2.41. The van der Waals surface area contributed by atoms with Gasteiger partial charge in [-0.05, 0) is 24.3 Å². The van der Waals surface area contributed by atoms with Gasteiger partial charge in [-0.25, -0.2) is 0 Å². The quantitative estimate of drug-likeness (QED) is 0.833. The molecule has 0 amide bonds. The smallest absolute Gasteiger partial charge is 0.129 e. The van der Waals surface area contributed by atoms with Crippen molar-refractivity contribution in [3.63, 3.8) is 0 Å². The number of aliphatic hydroxyl groups is 1. The van der Waals surface area contributed by atoms with Gasteiger partial charge < -0.3 is 14.6 Å². The van der Waals surface area contributed by atoms with Crippen LogP contribution in [-0.2, 0) is 0 Å². The van der Waals surface area contributed by atoms with Gasteiger partial charge >= 0.3 is 0 Å². The van der Waals surface area contributed by atoms with Crippen molar-refractivity contribution in [1.29, 1.82) is 0 Å². The van der Waals surface area contributed by atoms with Gasteiger partial charge in [0.15, 0.2) is 0 Å². The fourth-order valence-electron chi connectivity index (χ4n) is 2.57. The molecule has 2 aliphatic rings. The molecule has 0 aliphatic carbocycles. The molecule has 1 unspecified atom stereocenters. The van der Waals surface area contributed by atoms with Gasteiger partial charge in [0.2, 0.25) is 0 Å². The number of thioether (sulfide) groups is 1. The first kappa shape index (κ1) is 11.2. The minimum atomic E-state index is -0.414. The highest BCUT2D eigenvalue weighted by molar-refractivity contribution is 7.99. The summed E-state index contributed by atoms with van der Waals surface area (Å²) >= 11 is 1.90. The van der Waals surface area contributed by atoms with Crippen LogP contribution in [0.3, 0.4) is 0 Å². The predicted molar refractivity (Wildman–Crippen MR) is 67.9 cm³/mol. The summed E-state index contributed by atoms with van der Waals surface area (Å²) in [5.74, 6) is 3.65. The van der Waals surface area contributed by atoms with E-state index in [9.17, 15) is 5.11 Å². The zero-order valence-electron chi connectivity index (χ0n) is 9.81. The third-order valence-corrected chi connectivity index (χ3v) is 4.76. The van der Waals surface area contributed by atoms with Gasteiger partial charge in [0.1, 0.15) is 17.1 Å². The number of hydrogen-bond acceptors (Lipinski definition) is 4. The molecule has 2 aliphatic heterocycles. The average Bonchev–Trinajstić information content (AvgIpc) is 2.76. The van der Waals surface area contributed by atoms with Crippen LogP contribution in [0, 0.1) is 0 Å². The standard InChI is InChI=1S/C13H16O3S/c1-15-9-2-3-10-11(14)7-13(4-5-17-8-13)16-12(10)6-9/h2-3,6,11,14H,4-5,7-8H2,1H3/t11-,13?/m0/s1. The Morgan fingerprint density at radius 2 is 2.41 bits per heavy atom. The molecule has 0 aromatic heterocycles. The summed E-state index contributed by atoms with van der Waals surface area (Å²) in [6, 6.07) is 5.64.